The summed E-state index contributed by atoms with van der Waals surface area (Å²) in [7, 11) is 1.59. The monoisotopic (exact) mass is 413 g/mol. The molecule has 4 rings (SSSR count). The van der Waals surface area contributed by atoms with Gasteiger partial charge in [0.05, 0.1) is 35.3 Å². The highest BCUT2D eigenvalue weighted by atomic mass is 32.2. The van der Waals surface area contributed by atoms with Crippen LogP contribution in [0.2, 0.25) is 0 Å². The van der Waals surface area contributed by atoms with E-state index in [0.717, 1.165) is 11.1 Å². The Balaban J connectivity index is 1.91. The largest absolute Gasteiger partial charge is 0.495 e. The molecule has 6 heteroatoms. The average Bonchev–Trinajstić information content (AvgIpc) is 2.78. The van der Waals surface area contributed by atoms with Crippen molar-refractivity contribution >= 4 is 22.7 Å². The fourth-order valence-corrected chi connectivity index (χ4v) is 4.30. The van der Waals surface area contributed by atoms with Crippen LogP contribution < -0.4 is 10.3 Å². The summed E-state index contributed by atoms with van der Waals surface area (Å²) in [5, 5.41) is 10.5. The number of hydrogen-bond donors (Lipinski definition) is 0. The first kappa shape index (κ1) is 19.7. The number of thioether (sulfide) groups is 1. The van der Waals surface area contributed by atoms with Crippen molar-refractivity contribution in [3.63, 3.8) is 0 Å². The quantitative estimate of drug-likeness (QED) is 0.345. The van der Waals surface area contributed by atoms with Gasteiger partial charge in [-0.3, -0.25) is 9.36 Å². The Morgan fingerprint density at radius 1 is 1.10 bits per heavy atom. The fraction of sp³-hybridized carbons (Fsp3) is 0.125. The third-order valence-electron chi connectivity index (χ3n) is 4.81. The topological polar surface area (TPSA) is 67.9 Å². The van der Waals surface area contributed by atoms with Crippen molar-refractivity contribution in [2.24, 2.45) is 0 Å². The molecule has 0 amide bonds. The Bertz CT molecular complexity index is 1340. The maximum atomic E-state index is 13.5. The molecule has 148 valence electrons. The summed E-state index contributed by atoms with van der Waals surface area (Å²) >= 11 is 1.42. The van der Waals surface area contributed by atoms with E-state index in [4.69, 9.17) is 9.72 Å². The lowest BCUT2D eigenvalue weighted by molar-refractivity contribution is 0.411. The van der Waals surface area contributed by atoms with E-state index in [9.17, 15) is 10.1 Å². The minimum absolute atomic E-state index is 0.152. The SMILES string of the molecule is COc1ccc(C)cc1-n1c(SCc2ccccc2C#N)nc2ccccc2c1=O. The van der Waals surface area contributed by atoms with Gasteiger partial charge in [-0.2, -0.15) is 5.26 Å². The Morgan fingerprint density at radius 3 is 2.67 bits per heavy atom. The summed E-state index contributed by atoms with van der Waals surface area (Å²) in [6.45, 7) is 1.97. The van der Waals surface area contributed by atoms with Crippen molar-refractivity contribution in [2.45, 2.75) is 17.8 Å². The molecule has 0 radical (unpaired) electrons. The van der Waals surface area contributed by atoms with E-state index in [-0.39, 0.29) is 5.56 Å². The summed E-state index contributed by atoms with van der Waals surface area (Å²) in [5.41, 5.74) is 3.67. The molecule has 1 heterocycles. The van der Waals surface area contributed by atoms with Crippen molar-refractivity contribution < 1.29 is 4.74 Å². The van der Waals surface area contributed by atoms with Crippen LogP contribution in [-0.2, 0) is 5.75 Å². The third-order valence-corrected chi connectivity index (χ3v) is 5.80. The molecular weight excluding hydrogens is 394 g/mol. The number of para-hydroxylation sites is 1. The summed E-state index contributed by atoms with van der Waals surface area (Å²) in [4.78, 5) is 18.2. The molecule has 0 aliphatic rings. The molecule has 0 aliphatic heterocycles. The fourth-order valence-electron chi connectivity index (χ4n) is 3.29. The first-order valence-corrected chi connectivity index (χ1v) is 10.4. The van der Waals surface area contributed by atoms with Crippen LogP contribution in [0.25, 0.3) is 16.6 Å². The molecule has 0 bridgehead atoms. The van der Waals surface area contributed by atoms with Crippen LogP contribution >= 0.6 is 11.8 Å². The van der Waals surface area contributed by atoms with Gasteiger partial charge in [0.2, 0.25) is 0 Å². The number of aryl methyl sites for hydroxylation is 1. The van der Waals surface area contributed by atoms with Crippen LogP contribution in [0.5, 0.6) is 5.75 Å². The van der Waals surface area contributed by atoms with Crippen LogP contribution in [0.15, 0.2) is 76.7 Å². The van der Waals surface area contributed by atoms with Crippen LogP contribution in [0.4, 0.5) is 0 Å². The summed E-state index contributed by atoms with van der Waals surface area (Å²) in [6.07, 6.45) is 0. The number of nitrogens with zero attached hydrogens (tertiary/aromatic N) is 3. The predicted octanol–water partition coefficient (Wildman–Crippen LogP) is 4.87. The number of methoxy groups -OCH3 is 1. The minimum atomic E-state index is -0.152. The zero-order valence-corrected chi connectivity index (χ0v) is 17.4. The van der Waals surface area contributed by atoms with Gasteiger partial charge in [0.15, 0.2) is 5.16 Å². The molecule has 0 aliphatic carbocycles. The standard InChI is InChI=1S/C24H19N3O2S/c1-16-11-12-22(29-2)21(13-16)27-23(28)19-9-5-6-10-20(19)26-24(27)30-15-18-8-4-3-7-17(18)14-25/h3-13H,15H2,1-2H3. The lowest BCUT2D eigenvalue weighted by atomic mass is 10.1. The summed E-state index contributed by atoms with van der Waals surface area (Å²) < 4.78 is 7.14. The van der Waals surface area contributed by atoms with Crippen molar-refractivity contribution in [2.75, 3.05) is 7.11 Å². The number of hydrogen-bond acceptors (Lipinski definition) is 5. The molecule has 0 saturated heterocycles. The molecule has 0 fully saturated rings. The molecule has 5 nitrogen and oxygen atoms in total. The van der Waals surface area contributed by atoms with Gasteiger partial charge < -0.3 is 4.74 Å². The van der Waals surface area contributed by atoms with Gasteiger partial charge in [0, 0.05) is 5.75 Å². The molecular formula is C24H19N3O2S. The Morgan fingerprint density at radius 2 is 1.87 bits per heavy atom. The minimum Gasteiger partial charge on any atom is -0.495 e. The molecule has 0 spiro atoms. The Hall–Kier alpha value is -3.56. The van der Waals surface area contributed by atoms with Crippen LogP contribution in [-0.4, -0.2) is 16.7 Å². The normalized spacial score (nSPS) is 10.7. The second-order valence-corrected chi connectivity index (χ2v) is 7.73. The molecule has 0 saturated carbocycles. The van der Waals surface area contributed by atoms with E-state index in [0.29, 0.717) is 38.8 Å². The maximum Gasteiger partial charge on any atom is 0.266 e. The predicted molar refractivity (Wildman–Crippen MR) is 119 cm³/mol. The Labute approximate surface area is 178 Å². The summed E-state index contributed by atoms with van der Waals surface area (Å²) in [5.74, 6) is 1.11. The highest BCUT2D eigenvalue weighted by Gasteiger charge is 2.17. The zero-order valence-electron chi connectivity index (χ0n) is 16.6. The van der Waals surface area contributed by atoms with E-state index in [1.54, 1.807) is 23.8 Å². The molecule has 30 heavy (non-hydrogen) atoms. The molecule has 0 unspecified atom stereocenters. The van der Waals surface area contributed by atoms with E-state index >= 15 is 0 Å². The number of benzene rings is 3. The molecule has 3 aromatic carbocycles. The Kier molecular flexibility index (Phi) is 5.55. The lowest BCUT2D eigenvalue weighted by Gasteiger charge is -2.16. The molecule has 0 atom stereocenters. The molecule has 1 aromatic heterocycles. The zero-order chi connectivity index (χ0) is 21.1. The van der Waals surface area contributed by atoms with Gasteiger partial charge in [-0.25, -0.2) is 4.98 Å². The van der Waals surface area contributed by atoms with Gasteiger partial charge in [-0.1, -0.05) is 48.2 Å². The van der Waals surface area contributed by atoms with E-state index in [1.807, 2.05) is 61.5 Å². The number of aromatic nitrogens is 2. The first-order valence-electron chi connectivity index (χ1n) is 9.40. The average molecular weight is 414 g/mol. The number of nitriles is 1. The van der Waals surface area contributed by atoms with Crippen molar-refractivity contribution in [3.05, 3.63) is 93.8 Å². The van der Waals surface area contributed by atoms with Crippen LogP contribution in [0.1, 0.15) is 16.7 Å². The van der Waals surface area contributed by atoms with E-state index < -0.39 is 0 Å². The van der Waals surface area contributed by atoms with Gasteiger partial charge in [-0.15, -0.1) is 0 Å². The highest BCUT2D eigenvalue weighted by molar-refractivity contribution is 7.98. The van der Waals surface area contributed by atoms with Crippen molar-refractivity contribution in [3.8, 4) is 17.5 Å². The maximum absolute atomic E-state index is 13.5. The van der Waals surface area contributed by atoms with Gasteiger partial charge in [0.25, 0.3) is 5.56 Å². The lowest BCUT2D eigenvalue weighted by Crippen LogP contribution is -2.22. The van der Waals surface area contributed by atoms with E-state index in [1.165, 1.54) is 11.8 Å². The van der Waals surface area contributed by atoms with E-state index in [2.05, 4.69) is 6.07 Å². The second kappa shape index (κ2) is 8.44. The molecule has 4 aromatic rings. The van der Waals surface area contributed by atoms with Crippen LogP contribution in [0, 0.1) is 18.3 Å². The highest BCUT2D eigenvalue weighted by Crippen LogP contribution is 2.30. The van der Waals surface area contributed by atoms with Crippen LogP contribution in [0.3, 0.4) is 0 Å². The van der Waals surface area contributed by atoms with Crippen molar-refractivity contribution in [1.82, 2.24) is 9.55 Å². The van der Waals surface area contributed by atoms with Gasteiger partial charge >= 0.3 is 0 Å². The summed E-state index contributed by atoms with van der Waals surface area (Å²) in [6, 6.07) is 22.7. The smallest absolute Gasteiger partial charge is 0.266 e. The number of ether oxygens (including phenoxy) is 1. The number of rotatable bonds is 5. The number of fused-ring (bicyclic) bond motifs is 1. The second-order valence-electron chi connectivity index (χ2n) is 6.79. The van der Waals surface area contributed by atoms with Gasteiger partial charge in [-0.05, 0) is 48.4 Å². The third kappa shape index (κ3) is 3.68. The first-order chi connectivity index (χ1) is 14.6. The van der Waals surface area contributed by atoms with Crippen molar-refractivity contribution in [1.29, 1.82) is 5.26 Å². The molecule has 0 N–H and O–H groups in total. The van der Waals surface area contributed by atoms with Gasteiger partial charge in [0.1, 0.15) is 5.75 Å².